The molecule has 3 rings (SSSR count). The maximum Gasteiger partial charge on any atom is 0.374 e. The van der Waals surface area contributed by atoms with E-state index < -0.39 is 12.6 Å². The lowest BCUT2D eigenvalue weighted by atomic mass is 10.1. The number of benzene rings is 1. The van der Waals surface area contributed by atoms with E-state index in [1.54, 1.807) is 24.3 Å². The van der Waals surface area contributed by atoms with Crippen LogP contribution in [-0.4, -0.2) is 22.9 Å². The zero-order valence-electron chi connectivity index (χ0n) is 16.7. The molecule has 0 bridgehead atoms. The summed E-state index contributed by atoms with van der Waals surface area (Å²) in [4.78, 5) is 37.0. The third kappa shape index (κ3) is 3.63. The summed E-state index contributed by atoms with van der Waals surface area (Å²) in [6.45, 7) is 9.32. The van der Waals surface area contributed by atoms with E-state index in [0.29, 0.717) is 16.5 Å². The average molecular weight is 381 g/mol. The highest BCUT2D eigenvalue weighted by Gasteiger charge is 2.20. The Morgan fingerprint density at radius 1 is 1.11 bits per heavy atom. The molecule has 2 heterocycles. The van der Waals surface area contributed by atoms with Crippen molar-refractivity contribution in [1.82, 2.24) is 4.57 Å². The number of aromatic nitrogens is 1. The molecule has 6 nitrogen and oxygen atoms in total. The van der Waals surface area contributed by atoms with Crippen molar-refractivity contribution < 1.29 is 18.7 Å². The van der Waals surface area contributed by atoms with E-state index >= 15 is 0 Å². The number of ketones is 1. The zero-order chi connectivity index (χ0) is 20.6. The molecule has 28 heavy (non-hydrogen) atoms. The summed E-state index contributed by atoms with van der Waals surface area (Å²) in [6, 6.07) is 8.23. The van der Waals surface area contributed by atoms with Gasteiger partial charge in [-0.15, -0.1) is 0 Å². The van der Waals surface area contributed by atoms with Gasteiger partial charge in [0.05, 0.1) is 5.39 Å². The van der Waals surface area contributed by atoms with Gasteiger partial charge in [-0.3, -0.25) is 9.59 Å². The fourth-order valence-electron chi connectivity index (χ4n) is 3.50. The van der Waals surface area contributed by atoms with E-state index in [1.165, 1.54) is 0 Å². The number of rotatable bonds is 5. The minimum atomic E-state index is -0.842. The van der Waals surface area contributed by atoms with Crippen LogP contribution in [0.25, 0.3) is 11.0 Å². The molecule has 0 unspecified atom stereocenters. The molecule has 0 spiro atoms. The molecule has 0 amide bonds. The Labute approximate surface area is 162 Å². The first-order valence-electron chi connectivity index (χ1n) is 9.12. The van der Waals surface area contributed by atoms with Gasteiger partial charge < -0.3 is 13.7 Å². The third-order valence-corrected chi connectivity index (χ3v) is 4.72. The summed E-state index contributed by atoms with van der Waals surface area (Å²) in [6.07, 6.45) is 0. The number of carbonyl (C=O) groups excluding carboxylic acids is 2. The van der Waals surface area contributed by atoms with Gasteiger partial charge in [0.15, 0.2) is 12.0 Å². The number of ether oxygens (including phenoxy) is 1. The normalized spacial score (nSPS) is 11.2. The maximum atomic E-state index is 12.5. The fraction of sp³-hybridized carbons (Fsp3) is 0.318. The Morgan fingerprint density at radius 3 is 2.46 bits per heavy atom. The molecule has 0 aliphatic heterocycles. The second-order valence-corrected chi connectivity index (χ2v) is 7.22. The molecule has 2 aromatic heterocycles. The first kappa shape index (κ1) is 19.6. The Bertz CT molecular complexity index is 1130. The summed E-state index contributed by atoms with van der Waals surface area (Å²) in [5, 5.41) is 0.397. The molecule has 0 saturated carbocycles. The first-order chi connectivity index (χ1) is 13.2. The molecule has 0 saturated heterocycles. The molecule has 0 radical (unpaired) electrons. The molecular weight excluding hydrogens is 358 g/mol. The summed E-state index contributed by atoms with van der Waals surface area (Å²) in [5.74, 6) is -1.36. The number of hydrogen-bond acceptors (Lipinski definition) is 5. The van der Waals surface area contributed by atoms with Crippen LogP contribution < -0.4 is 5.43 Å². The second kappa shape index (κ2) is 7.46. The van der Waals surface area contributed by atoms with Gasteiger partial charge in [0.2, 0.25) is 11.5 Å². The molecule has 0 atom stereocenters. The molecule has 0 aliphatic carbocycles. The highest BCUT2D eigenvalue weighted by Crippen LogP contribution is 2.21. The predicted octanol–water partition coefficient (Wildman–Crippen LogP) is 4.14. The average Bonchev–Trinajstić information content (AvgIpc) is 2.94. The molecule has 6 heteroatoms. The van der Waals surface area contributed by atoms with Crippen LogP contribution in [0.5, 0.6) is 0 Å². The number of nitrogens with zero attached hydrogens (tertiary/aromatic N) is 1. The van der Waals surface area contributed by atoms with Crippen LogP contribution in [0.2, 0.25) is 0 Å². The van der Waals surface area contributed by atoms with Crippen LogP contribution in [0.4, 0.5) is 0 Å². The van der Waals surface area contributed by atoms with Crippen molar-refractivity contribution in [2.24, 2.45) is 0 Å². The molecule has 0 N–H and O–H groups in total. The number of fused-ring (bicyclic) bond motifs is 1. The Kier molecular flexibility index (Phi) is 5.23. The molecule has 146 valence electrons. The highest BCUT2D eigenvalue weighted by atomic mass is 16.5. The van der Waals surface area contributed by atoms with E-state index in [-0.39, 0.29) is 23.0 Å². The van der Waals surface area contributed by atoms with Crippen molar-refractivity contribution in [2.45, 2.75) is 40.7 Å². The van der Waals surface area contributed by atoms with Crippen LogP contribution in [0.3, 0.4) is 0 Å². The summed E-state index contributed by atoms with van der Waals surface area (Å²) in [5.41, 5.74) is 3.22. The number of carbonyl (C=O) groups is 2. The van der Waals surface area contributed by atoms with Crippen molar-refractivity contribution in [3.63, 3.8) is 0 Å². The van der Waals surface area contributed by atoms with E-state index in [0.717, 1.165) is 23.0 Å². The third-order valence-electron chi connectivity index (χ3n) is 4.72. The Balaban J connectivity index is 1.78. The predicted molar refractivity (Wildman–Crippen MR) is 106 cm³/mol. The van der Waals surface area contributed by atoms with Gasteiger partial charge in [0.25, 0.3) is 0 Å². The standard InChI is InChI=1S/C22H23NO5/c1-12(2)23-14(4)9-16(15(23)5)19(25)11-27-22(26)21-10-18(24)17-8-13(3)6-7-20(17)28-21/h6-10,12H,11H2,1-5H3. The fourth-order valence-corrected chi connectivity index (χ4v) is 3.50. The van der Waals surface area contributed by atoms with Gasteiger partial charge in [0.1, 0.15) is 5.58 Å². The van der Waals surface area contributed by atoms with Crippen LogP contribution >= 0.6 is 0 Å². The zero-order valence-corrected chi connectivity index (χ0v) is 16.7. The highest BCUT2D eigenvalue weighted by molar-refractivity contribution is 6.00. The smallest absolute Gasteiger partial charge is 0.374 e. The van der Waals surface area contributed by atoms with Crippen molar-refractivity contribution in [1.29, 1.82) is 0 Å². The van der Waals surface area contributed by atoms with Gasteiger partial charge in [0, 0.05) is 29.1 Å². The van der Waals surface area contributed by atoms with Crippen LogP contribution in [-0.2, 0) is 4.74 Å². The minimum Gasteiger partial charge on any atom is -0.451 e. The lowest BCUT2D eigenvalue weighted by Gasteiger charge is -2.13. The van der Waals surface area contributed by atoms with Gasteiger partial charge in [-0.25, -0.2) is 4.79 Å². The van der Waals surface area contributed by atoms with Gasteiger partial charge in [-0.05, 0) is 52.8 Å². The van der Waals surface area contributed by atoms with E-state index in [9.17, 15) is 14.4 Å². The molecule has 0 aliphatic rings. The first-order valence-corrected chi connectivity index (χ1v) is 9.12. The summed E-state index contributed by atoms with van der Waals surface area (Å²) >= 11 is 0. The van der Waals surface area contributed by atoms with Crippen LogP contribution in [0.1, 0.15) is 57.8 Å². The van der Waals surface area contributed by atoms with E-state index in [4.69, 9.17) is 9.15 Å². The van der Waals surface area contributed by atoms with Crippen molar-refractivity contribution in [2.75, 3.05) is 6.61 Å². The van der Waals surface area contributed by atoms with Crippen LogP contribution in [0.15, 0.2) is 39.5 Å². The largest absolute Gasteiger partial charge is 0.451 e. The minimum absolute atomic E-state index is 0.221. The molecule has 1 aromatic carbocycles. The van der Waals surface area contributed by atoms with E-state index in [1.807, 2.05) is 34.6 Å². The molecule has 0 fully saturated rings. The summed E-state index contributed by atoms with van der Waals surface area (Å²) in [7, 11) is 0. The maximum absolute atomic E-state index is 12.5. The lowest BCUT2D eigenvalue weighted by Crippen LogP contribution is -2.16. The van der Waals surface area contributed by atoms with Crippen molar-refractivity contribution in [3.05, 3.63) is 68.8 Å². The molecular formula is C22H23NO5. The second-order valence-electron chi connectivity index (χ2n) is 7.22. The SMILES string of the molecule is Cc1ccc2oc(C(=O)OCC(=O)c3cc(C)n(C(C)C)c3C)cc(=O)c2c1. The number of Topliss-reactive ketones (excluding diaryl/α,β-unsaturated/α-hetero) is 1. The summed E-state index contributed by atoms with van der Waals surface area (Å²) < 4.78 is 12.6. The lowest BCUT2D eigenvalue weighted by molar-refractivity contribution is 0.0444. The number of aryl methyl sites for hydroxylation is 2. The monoisotopic (exact) mass is 381 g/mol. The van der Waals surface area contributed by atoms with Crippen LogP contribution in [0, 0.1) is 20.8 Å². The Morgan fingerprint density at radius 2 is 1.82 bits per heavy atom. The van der Waals surface area contributed by atoms with Gasteiger partial charge in [-0.2, -0.15) is 0 Å². The number of hydrogen-bond donors (Lipinski definition) is 0. The van der Waals surface area contributed by atoms with Crippen molar-refractivity contribution >= 4 is 22.7 Å². The van der Waals surface area contributed by atoms with E-state index in [2.05, 4.69) is 4.57 Å². The Hall–Kier alpha value is -3.15. The van der Waals surface area contributed by atoms with Gasteiger partial charge >= 0.3 is 5.97 Å². The quantitative estimate of drug-likeness (QED) is 0.490. The van der Waals surface area contributed by atoms with Crippen molar-refractivity contribution in [3.8, 4) is 0 Å². The van der Waals surface area contributed by atoms with Gasteiger partial charge in [-0.1, -0.05) is 11.6 Å². The topological polar surface area (TPSA) is 78.5 Å². The number of esters is 1. The molecule has 3 aromatic rings.